The second-order valence-electron chi connectivity index (χ2n) is 10.8. The van der Waals surface area contributed by atoms with Crippen LogP contribution in [-0.2, 0) is 4.79 Å². The summed E-state index contributed by atoms with van der Waals surface area (Å²) in [6.07, 6.45) is 9.35. The fourth-order valence-corrected chi connectivity index (χ4v) is 5.15. The van der Waals surface area contributed by atoms with Crippen molar-refractivity contribution >= 4 is 34.7 Å². The number of benzene rings is 1. The minimum Gasteiger partial charge on any atom is -0.494 e. The quantitative estimate of drug-likeness (QED) is 0.381. The van der Waals surface area contributed by atoms with Crippen molar-refractivity contribution in [3.8, 4) is 5.75 Å². The van der Waals surface area contributed by atoms with Crippen LogP contribution in [-0.4, -0.2) is 67.7 Å². The number of likely N-dealkylation sites (N-methyl/N-ethyl adjacent to an activating group) is 2. The van der Waals surface area contributed by atoms with Gasteiger partial charge in [0.2, 0.25) is 11.9 Å². The maximum Gasteiger partial charge on any atom is 0.247 e. The summed E-state index contributed by atoms with van der Waals surface area (Å²) >= 11 is 0. The monoisotopic (exact) mass is 491 g/mol. The number of carbonyl (C=O) groups is 1. The summed E-state index contributed by atoms with van der Waals surface area (Å²) in [6, 6.07) is 3.80. The van der Waals surface area contributed by atoms with E-state index in [-0.39, 0.29) is 11.4 Å². The van der Waals surface area contributed by atoms with Gasteiger partial charge in [-0.1, -0.05) is 6.58 Å². The van der Waals surface area contributed by atoms with Gasteiger partial charge in [0.05, 0.1) is 24.2 Å². The fourth-order valence-electron chi connectivity index (χ4n) is 5.15. The molecule has 36 heavy (non-hydrogen) atoms. The lowest BCUT2D eigenvalue weighted by molar-refractivity contribution is -0.111. The van der Waals surface area contributed by atoms with Gasteiger partial charge in [-0.2, -0.15) is 4.98 Å². The zero-order chi connectivity index (χ0) is 25.4. The number of methoxy groups -OCH3 is 1. The minimum absolute atomic E-state index is 0.235. The molecule has 1 aromatic heterocycles. The van der Waals surface area contributed by atoms with E-state index < -0.39 is 0 Å². The topological polar surface area (TPSA) is 94.6 Å². The van der Waals surface area contributed by atoms with E-state index >= 15 is 0 Å². The molecule has 2 bridgehead atoms. The van der Waals surface area contributed by atoms with Crippen molar-refractivity contribution < 1.29 is 9.53 Å². The number of rotatable bonds is 12. The van der Waals surface area contributed by atoms with Crippen molar-refractivity contribution in [2.24, 2.45) is 5.92 Å². The summed E-state index contributed by atoms with van der Waals surface area (Å²) in [4.78, 5) is 26.0. The Kier molecular flexibility index (Phi) is 6.51. The maximum atomic E-state index is 12.2. The molecule has 192 valence electrons. The highest BCUT2D eigenvalue weighted by Gasteiger charge is 2.57. The summed E-state index contributed by atoms with van der Waals surface area (Å²) in [5.74, 6) is 3.27. The molecule has 9 heteroatoms. The molecular weight excluding hydrogens is 454 g/mol. The zero-order valence-corrected chi connectivity index (χ0v) is 21.7. The molecule has 0 unspecified atom stereocenters. The lowest BCUT2D eigenvalue weighted by Crippen LogP contribution is -2.63. The summed E-state index contributed by atoms with van der Waals surface area (Å²) < 4.78 is 5.73. The van der Waals surface area contributed by atoms with Gasteiger partial charge in [-0.05, 0) is 70.2 Å². The highest BCUT2D eigenvalue weighted by atomic mass is 16.5. The van der Waals surface area contributed by atoms with Crippen molar-refractivity contribution in [1.29, 1.82) is 0 Å². The fraction of sp³-hybridized carbons (Fsp3) is 0.519. The Bertz CT molecular complexity index is 1140. The van der Waals surface area contributed by atoms with Crippen molar-refractivity contribution in [1.82, 2.24) is 14.9 Å². The van der Waals surface area contributed by atoms with Gasteiger partial charge in [0.25, 0.3) is 0 Å². The molecule has 0 radical (unpaired) electrons. The average Bonchev–Trinajstić information content (AvgIpc) is 3.64. The number of anilines is 5. The van der Waals surface area contributed by atoms with Crippen LogP contribution in [0.15, 0.2) is 31.0 Å². The van der Waals surface area contributed by atoms with Gasteiger partial charge in [-0.15, -0.1) is 0 Å². The molecule has 4 aliphatic rings. The van der Waals surface area contributed by atoms with Crippen LogP contribution >= 0.6 is 0 Å². The second-order valence-corrected chi connectivity index (χ2v) is 10.8. The van der Waals surface area contributed by atoms with E-state index in [1.54, 1.807) is 7.11 Å². The van der Waals surface area contributed by atoms with Crippen LogP contribution in [0.25, 0.3) is 0 Å². The van der Waals surface area contributed by atoms with E-state index in [1.165, 1.54) is 43.7 Å². The van der Waals surface area contributed by atoms with Gasteiger partial charge in [-0.25, -0.2) is 4.98 Å². The lowest BCUT2D eigenvalue weighted by Gasteiger charge is -2.62. The molecule has 3 N–H and O–H groups in total. The van der Waals surface area contributed by atoms with Gasteiger partial charge < -0.3 is 30.5 Å². The number of hydrogen-bond acceptors (Lipinski definition) is 8. The van der Waals surface area contributed by atoms with Gasteiger partial charge in [0.1, 0.15) is 11.6 Å². The molecule has 6 rings (SSSR count). The molecule has 0 aliphatic heterocycles. The SMILES string of the molecule is C=CC(=O)Nc1cc(Nc2ncc(C3CC3)c(NC34CC(C3)C4)n2)c(OC)cc1N(C)CCN(C)C. The van der Waals surface area contributed by atoms with Crippen molar-refractivity contribution in [3.05, 3.63) is 36.5 Å². The summed E-state index contributed by atoms with van der Waals surface area (Å²) in [6.45, 7) is 5.25. The Balaban J connectivity index is 1.44. The predicted octanol–water partition coefficient (Wildman–Crippen LogP) is 4.19. The molecule has 2 aromatic rings. The first kappa shape index (κ1) is 24.4. The van der Waals surface area contributed by atoms with Crippen LogP contribution in [0.2, 0.25) is 0 Å². The van der Waals surface area contributed by atoms with Crippen LogP contribution in [0.1, 0.15) is 43.6 Å². The van der Waals surface area contributed by atoms with Crippen molar-refractivity contribution in [3.63, 3.8) is 0 Å². The average molecular weight is 492 g/mol. The van der Waals surface area contributed by atoms with Crippen LogP contribution in [0, 0.1) is 5.92 Å². The maximum absolute atomic E-state index is 12.2. The minimum atomic E-state index is -0.275. The summed E-state index contributed by atoms with van der Waals surface area (Å²) in [7, 11) is 7.71. The number of carbonyl (C=O) groups excluding carboxylic acids is 1. The van der Waals surface area contributed by atoms with E-state index in [0.717, 1.165) is 30.5 Å². The second kappa shape index (κ2) is 9.61. The van der Waals surface area contributed by atoms with Gasteiger partial charge >= 0.3 is 0 Å². The molecule has 1 heterocycles. The Morgan fingerprint density at radius 3 is 2.53 bits per heavy atom. The first-order valence-corrected chi connectivity index (χ1v) is 12.7. The predicted molar refractivity (Wildman–Crippen MR) is 145 cm³/mol. The Labute approximate surface area is 213 Å². The number of ether oxygens (including phenoxy) is 1. The zero-order valence-electron chi connectivity index (χ0n) is 21.7. The van der Waals surface area contributed by atoms with Gasteiger partial charge in [-0.3, -0.25) is 4.79 Å². The highest BCUT2D eigenvalue weighted by Crippen LogP contribution is 2.59. The Hall–Kier alpha value is -3.33. The smallest absolute Gasteiger partial charge is 0.247 e. The van der Waals surface area contributed by atoms with E-state index in [1.807, 2.05) is 39.5 Å². The molecule has 0 atom stereocenters. The number of amides is 1. The molecule has 4 saturated carbocycles. The number of hydrogen-bond donors (Lipinski definition) is 3. The third kappa shape index (κ3) is 4.97. The Morgan fingerprint density at radius 1 is 1.19 bits per heavy atom. The standard InChI is InChI=1S/C27H37N7O2/c1-6-24(35)29-20-11-21(23(36-5)12-22(20)34(4)10-9-33(2)3)30-26-28-16-19(18-7-8-18)25(31-26)32-27-13-17(14-27)15-27/h6,11-12,16-18H,1,7-10,13-15H2,2-5H3,(H,29,35)(H2,28,30,31,32). The van der Waals surface area contributed by atoms with E-state index in [9.17, 15) is 4.79 Å². The van der Waals surface area contributed by atoms with Crippen LogP contribution in [0.5, 0.6) is 5.75 Å². The molecule has 4 aliphatic carbocycles. The molecule has 4 fully saturated rings. The van der Waals surface area contributed by atoms with Gasteiger partial charge in [0, 0.05) is 43.5 Å². The first-order valence-electron chi connectivity index (χ1n) is 12.7. The largest absolute Gasteiger partial charge is 0.494 e. The number of aromatic nitrogens is 2. The molecule has 1 amide bonds. The van der Waals surface area contributed by atoms with Crippen LogP contribution < -0.4 is 25.6 Å². The summed E-state index contributed by atoms with van der Waals surface area (Å²) in [5.41, 5.74) is 3.64. The van der Waals surface area contributed by atoms with Crippen molar-refractivity contribution in [2.75, 3.05) is 62.2 Å². The van der Waals surface area contributed by atoms with Crippen molar-refractivity contribution in [2.45, 2.75) is 43.6 Å². The molecule has 0 spiro atoms. The molecule has 0 saturated heterocycles. The van der Waals surface area contributed by atoms with E-state index in [4.69, 9.17) is 9.72 Å². The first-order chi connectivity index (χ1) is 17.3. The lowest BCUT2D eigenvalue weighted by atomic mass is 9.50. The number of nitrogens with one attached hydrogen (secondary N) is 3. The Morgan fingerprint density at radius 2 is 1.94 bits per heavy atom. The molecule has 1 aromatic carbocycles. The van der Waals surface area contributed by atoms with E-state index in [2.05, 4.69) is 37.3 Å². The van der Waals surface area contributed by atoms with Gasteiger partial charge in [0.15, 0.2) is 0 Å². The normalized spacial score (nSPS) is 21.8. The summed E-state index contributed by atoms with van der Waals surface area (Å²) in [5, 5.41) is 10.0. The third-order valence-corrected chi connectivity index (χ3v) is 7.56. The van der Waals surface area contributed by atoms with Crippen LogP contribution in [0.3, 0.4) is 0 Å². The molecular formula is C27H37N7O2. The number of nitrogens with zero attached hydrogens (tertiary/aromatic N) is 4. The highest BCUT2D eigenvalue weighted by molar-refractivity contribution is 6.02. The third-order valence-electron chi connectivity index (χ3n) is 7.56. The van der Waals surface area contributed by atoms with E-state index in [0.29, 0.717) is 29.0 Å². The molecule has 9 nitrogen and oxygen atoms in total. The van der Waals surface area contributed by atoms with Crippen LogP contribution in [0.4, 0.5) is 28.8 Å².